The predicted molar refractivity (Wildman–Crippen MR) is 132 cm³/mol. The Morgan fingerprint density at radius 2 is 1.64 bits per heavy atom. The van der Waals surface area contributed by atoms with Crippen molar-refractivity contribution in [3.63, 3.8) is 0 Å². The molecule has 1 aliphatic heterocycles. The molecule has 4 rings (SSSR count). The minimum Gasteiger partial charge on any atom is -0.493 e. The van der Waals surface area contributed by atoms with Gasteiger partial charge in [-0.1, -0.05) is 29.3 Å². The van der Waals surface area contributed by atoms with Crippen LogP contribution in [0.4, 0.5) is 5.69 Å². The number of amidine groups is 1. The third-order valence-electron chi connectivity index (χ3n) is 4.48. The van der Waals surface area contributed by atoms with Crippen LogP contribution in [0.25, 0.3) is 6.08 Å². The predicted octanol–water partition coefficient (Wildman–Crippen LogP) is 6.11. The van der Waals surface area contributed by atoms with E-state index in [1.165, 1.54) is 18.9 Å². The maximum atomic E-state index is 12.4. The summed E-state index contributed by atoms with van der Waals surface area (Å²) in [5.41, 5.74) is 1.74. The first-order valence-corrected chi connectivity index (χ1v) is 11.2. The van der Waals surface area contributed by atoms with E-state index in [4.69, 9.17) is 32.7 Å². The number of methoxy groups -OCH3 is 1. The van der Waals surface area contributed by atoms with Gasteiger partial charge < -0.3 is 14.8 Å². The van der Waals surface area contributed by atoms with Crippen LogP contribution in [-0.4, -0.2) is 24.2 Å². The first-order valence-electron chi connectivity index (χ1n) is 9.62. The molecule has 1 aliphatic rings. The van der Waals surface area contributed by atoms with Crippen molar-refractivity contribution < 1.29 is 19.1 Å². The van der Waals surface area contributed by atoms with Crippen LogP contribution in [0, 0.1) is 0 Å². The fraction of sp³-hybridized carbons (Fsp3) is 0.0417. The molecule has 0 saturated carbocycles. The number of benzene rings is 3. The lowest BCUT2D eigenvalue weighted by Crippen LogP contribution is -2.19. The fourth-order valence-corrected chi connectivity index (χ4v) is 3.96. The topological polar surface area (TPSA) is 77.0 Å². The molecule has 9 heteroatoms. The number of aliphatic imine (C=N–C) groups is 1. The molecular formula is C24H16Cl2N2O4S. The first kappa shape index (κ1) is 22.9. The van der Waals surface area contributed by atoms with Crippen molar-refractivity contribution in [3.8, 4) is 11.5 Å². The second kappa shape index (κ2) is 10.1. The molecule has 33 heavy (non-hydrogen) atoms. The van der Waals surface area contributed by atoms with Gasteiger partial charge in [-0.3, -0.25) is 4.79 Å². The molecule has 0 aliphatic carbocycles. The summed E-state index contributed by atoms with van der Waals surface area (Å²) < 4.78 is 10.8. The number of ether oxygens (including phenoxy) is 2. The van der Waals surface area contributed by atoms with E-state index < -0.39 is 5.97 Å². The molecule has 0 radical (unpaired) electrons. The average Bonchev–Trinajstić information content (AvgIpc) is 3.15. The molecule has 0 aromatic heterocycles. The maximum absolute atomic E-state index is 12.4. The number of nitrogens with one attached hydrogen (secondary N) is 1. The van der Waals surface area contributed by atoms with E-state index in [0.717, 1.165) is 0 Å². The number of carbonyl (C=O) groups excluding carboxylic acids is 2. The Morgan fingerprint density at radius 1 is 0.970 bits per heavy atom. The molecule has 0 atom stereocenters. The lowest BCUT2D eigenvalue weighted by molar-refractivity contribution is -0.115. The summed E-state index contributed by atoms with van der Waals surface area (Å²) in [5, 5.41) is 4.34. The second-order valence-corrected chi connectivity index (χ2v) is 8.67. The van der Waals surface area contributed by atoms with Gasteiger partial charge >= 0.3 is 5.97 Å². The van der Waals surface area contributed by atoms with Crippen LogP contribution in [0.1, 0.15) is 15.9 Å². The largest absolute Gasteiger partial charge is 0.493 e. The van der Waals surface area contributed by atoms with Crippen LogP contribution < -0.4 is 14.8 Å². The van der Waals surface area contributed by atoms with Gasteiger partial charge in [0.2, 0.25) is 0 Å². The van der Waals surface area contributed by atoms with Gasteiger partial charge in [-0.25, -0.2) is 9.79 Å². The van der Waals surface area contributed by atoms with Crippen LogP contribution in [0.3, 0.4) is 0 Å². The van der Waals surface area contributed by atoms with Crippen molar-refractivity contribution in [3.05, 3.63) is 92.8 Å². The normalized spacial score (nSPS) is 15.5. The summed E-state index contributed by atoms with van der Waals surface area (Å²) in [6.45, 7) is 0. The van der Waals surface area contributed by atoms with Crippen LogP contribution in [0.15, 0.2) is 76.6 Å². The third kappa shape index (κ3) is 5.76. The monoisotopic (exact) mass is 498 g/mol. The number of rotatable bonds is 5. The van der Waals surface area contributed by atoms with E-state index in [9.17, 15) is 9.59 Å². The van der Waals surface area contributed by atoms with Gasteiger partial charge in [0.15, 0.2) is 16.7 Å². The zero-order chi connectivity index (χ0) is 23.4. The highest BCUT2D eigenvalue weighted by atomic mass is 35.5. The molecule has 0 bridgehead atoms. The SMILES string of the molecule is COc1cc(/C=C2\SC(=Nc3ccc(Cl)cc3)NC2=O)ccc1OC(=O)c1ccc(Cl)cc1. The van der Waals surface area contributed by atoms with Crippen molar-refractivity contribution >= 4 is 63.8 Å². The Morgan fingerprint density at radius 3 is 2.30 bits per heavy atom. The summed E-state index contributed by atoms with van der Waals surface area (Å²) in [4.78, 5) is 29.6. The van der Waals surface area contributed by atoms with Crippen molar-refractivity contribution in [1.82, 2.24) is 5.32 Å². The van der Waals surface area contributed by atoms with Crippen molar-refractivity contribution in [2.75, 3.05) is 7.11 Å². The Bertz CT molecular complexity index is 1270. The molecule has 3 aromatic rings. The van der Waals surface area contributed by atoms with Gasteiger partial charge in [0.25, 0.3) is 5.91 Å². The Kier molecular flexibility index (Phi) is 7.03. The minimum atomic E-state index is -0.537. The Hall–Kier alpha value is -3.26. The number of halogens is 2. The van der Waals surface area contributed by atoms with Gasteiger partial charge in [-0.2, -0.15) is 0 Å². The molecule has 3 aromatic carbocycles. The molecular weight excluding hydrogens is 483 g/mol. The van der Waals surface area contributed by atoms with Crippen LogP contribution in [0.5, 0.6) is 11.5 Å². The smallest absolute Gasteiger partial charge is 0.343 e. The molecule has 1 heterocycles. The summed E-state index contributed by atoms with van der Waals surface area (Å²) in [6, 6.07) is 18.4. The Balaban J connectivity index is 1.51. The number of esters is 1. The molecule has 1 amide bonds. The zero-order valence-electron chi connectivity index (χ0n) is 17.2. The van der Waals surface area contributed by atoms with Crippen LogP contribution in [-0.2, 0) is 4.79 Å². The minimum absolute atomic E-state index is 0.258. The number of hydrogen-bond acceptors (Lipinski definition) is 6. The standard InChI is InChI=1S/C24H16Cl2N2O4S/c1-31-20-12-14(2-11-19(20)32-23(30)15-3-5-16(25)6-4-15)13-21-22(29)28-24(33-21)27-18-9-7-17(26)8-10-18/h2-13H,1H3,(H,27,28,29)/b21-13-. The van der Waals surface area contributed by atoms with Crippen molar-refractivity contribution in [2.24, 2.45) is 4.99 Å². The first-order chi connectivity index (χ1) is 15.9. The maximum Gasteiger partial charge on any atom is 0.343 e. The third-order valence-corrected chi connectivity index (χ3v) is 5.89. The number of thioether (sulfide) groups is 1. The van der Waals surface area contributed by atoms with E-state index in [1.807, 2.05) is 0 Å². The van der Waals surface area contributed by atoms with Crippen LogP contribution in [0.2, 0.25) is 10.0 Å². The number of carbonyl (C=O) groups is 2. The van der Waals surface area contributed by atoms with E-state index in [2.05, 4.69) is 10.3 Å². The average molecular weight is 499 g/mol. The fourth-order valence-electron chi connectivity index (χ4n) is 2.87. The molecule has 1 N–H and O–H groups in total. The van der Waals surface area contributed by atoms with E-state index in [1.54, 1.807) is 72.8 Å². The van der Waals surface area contributed by atoms with E-state index in [0.29, 0.717) is 42.7 Å². The summed E-state index contributed by atoms with van der Waals surface area (Å²) in [7, 11) is 1.47. The highest BCUT2D eigenvalue weighted by molar-refractivity contribution is 8.18. The number of hydrogen-bond donors (Lipinski definition) is 1. The van der Waals surface area contributed by atoms with Gasteiger partial charge in [0.1, 0.15) is 0 Å². The molecule has 6 nitrogen and oxygen atoms in total. The van der Waals surface area contributed by atoms with Crippen molar-refractivity contribution in [1.29, 1.82) is 0 Å². The van der Waals surface area contributed by atoms with Gasteiger partial charge in [0, 0.05) is 10.0 Å². The second-order valence-electron chi connectivity index (χ2n) is 6.76. The van der Waals surface area contributed by atoms with E-state index >= 15 is 0 Å². The van der Waals surface area contributed by atoms with Gasteiger partial charge in [-0.15, -0.1) is 0 Å². The highest BCUT2D eigenvalue weighted by Crippen LogP contribution is 2.33. The van der Waals surface area contributed by atoms with Crippen molar-refractivity contribution in [2.45, 2.75) is 0 Å². The van der Waals surface area contributed by atoms with Gasteiger partial charge in [-0.05, 0) is 84.1 Å². The molecule has 1 fully saturated rings. The van der Waals surface area contributed by atoms with Crippen LogP contribution >= 0.6 is 35.0 Å². The molecule has 0 unspecified atom stereocenters. The van der Waals surface area contributed by atoms with Gasteiger partial charge in [0.05, 0.1) is 23.3 Å². The number of amides is 1. The lowest BCUT2D eigenvalue weighted by Gasteiger charge is -2.10. The zero-order valence-corrected chi connectivity index (χ0v) is 19.5. The summed E-state index contributed by atoms with van der Waals surface area (Å²) >= 11 is 13.0. The highest BCUT2D eigenvalue weighted by Gasteiger charge is 2.24. The molecule has 1 saturated heterocycles. The Labute approximate surface area is 204 Å². The molecule has 166 valence electrons. The lowest BCUT2D eigenvalue weighted by atomic mass is 10.2. The summed E-state index contributed by atoms with van der Waals surface area (Å²) in [5.74, 6) is -0.187. The summed E-state index contributed by atoms with van der Waals surface area (Å²) in [6.07, 6.45) is 1.71. The number of nitrogens with zero attached hydrogens (tertiary/aromatic N) is 1. The quantitative estimate of drug-likeness (QED) is 0.260. The van der Waals surface area contributed by atoms with E-state index in [-0.39, 0.29) is 11.7 Å². The molecule has 0 spiro atoms.